The van der Waals surface area contributed by atoms with Crippen LogP contribution in [-0.2, 0) is 44.9 Å². The molecule has 0 heterocycles. The summed E-state index contributed by atoms with van der Waals surface area (Å²) in [6, 6.07) is 34.5. The van der Waals surface area contributed by atoms with Crippen molar-refractivity contribution in [1.29, 1.82) is 0 Å². The summed E-state index contributed by atoms with van der Waals surface area (Å²) in [4.78, 5) is 53.1. The van der Waals surface area contributed by atoms with Crippen molar-refractivity contribution >= 4 is 34.5 Å². The van der Waals surface area contributed by atoms with Crippen LogP contribution in [0.4, 0.5) is 0 Å². The molecule has 0 spiro atoms. The molecule has 0 aromatic heterocycles. The highest BCUT2D eigenvalue weighted by molar-refractivity contribution is 5.94. The Kier molecular flexibility index (Phi) is 11.2. The van der Waals surface area contributed by atoms with Crippen molar-refractivity contribution < 1.29 is 29.4 Å². The Morgan fingerprint density at radius 3 is 1.54 bits per heavy atom. The van der Waals surface area contributed by atoms with Crippen LogP contribution in [0.1, 0.15) is 22.3 Å². The third kappa shape index (κ3) is 9.53. The number of carboxylic acid groups (broad SMARTS) is 1. The molecular weight excluding hydrogens is 606 g/mol. The molecule has 0 aliphatic heterocycles. The van der Waals surface area contributed by atoms with E-state index in [2.05, 4.69) is 16.0 Å². The number of amides is 3. The number of carboxylic acids is 1. The standard InChI is InChI=1S/C39H37N3O6/c43-32-19-16-28(17-20-32)24-35(39(47)48)42-38(46)34(23-27-11-5-2-6-12-27)41-37(45)33(22-26-9-3-1-4-10-26)40-36(44)25-29-15-18-30-13-7-8-14-31(30)21-29/h1-21,33-35,43H,22-25H2,(H,40,44)(H,41,45)(H,42,46)(H,47,48)/t33-,34+,35+/m0/s1. The minimum atomic E-state index is -1.29. The smallest absolute Gasteiger partial charge is 0.326 e. The second kappa shape index (κ2) is 16.0. The third-order valence-corrected chi connectivity index (χ3v) is 8.02. The first-order valence-corrected chi connectivity index (χ1v) is 15.7. The highest BCUT2D eigenvalue weighted by Crippen LogP contribution is 2.17. The van der Waals surface area contributed by atoms with Gasteiger partial charge in [0.15, 0.2) is 0 Å². The summed E-state index contributed by atoms with van der Waals surface area (Å²) in [6.07, 6.45) is 0.283. The van der Waals surface area contributed by atoms with Crippen molar-refractivity contribution in [2.24, 2.45) is 0 Å². The molecule has 0 fully saturated rings. The van der Waals surface area contributed by atoms with E-state index in [1.807, 2.05) is 103 Å². The van der Waals surface area contributed by atoms with Crippen LogP contribution in [-0.4, -0.2) is 52.0 Å². The molecule has 48 heavy (non-hydrogen) atoms. The van der Waals surface area contributed by atoms with Crippen LogP contribution in [0.5, 0.6) is 5.75 Å². The number of aliphatic carboxylic acids is 1. The number of fused-ring (bicyclic) bond motifs is 1. The summed E-state index contributed by atoms with van der Waals surface area (Å²) in [5.41, 5.74) is 2.96. The molecule has 0 aliphatic rings. The number of hydrogen-bond donors (Lipinski definition) is 5. The van der Waals surface area contributed by atoms with Gasteiger partial charge in [-0.2, -0.15) is 0 Å². The maximum absolute atomic E-state index is 13.9. The van der Waals surface area contributed by atoms with Gasteiger partial charge in [-0.3, -0.25) is 14.4 Å². The first-order chi connectivity index (χ1) is 23.2. The number of carbonyl (C=O) groups is 4. The van der Waals surface area contributed by atoms with E-state index in [-0.39, 0.29) is 37.3 Å². The fraction of sp³-hybridized carbons (Fsp3) is 0.179. The van der Waals surface area contributed by atoms with Crippen molar-refractivity contribution in [3.05, 3.63) is 150 Å². The Morgan fingerprint density at radius 1 is 0.500 bits per heavy atom. The Balaban J connectivity index is 1.34. The fourth-order valence-electron chi connectivity index (χ4n) is 5.51. The van der Waals surface area contributed by atoms with E-state index in [0.717, 1.165) is 27.5 Å². The van der Waals surface area contributed by atoms with Gasteiger partial charge in [0.25, 0.3) is 0 Å². The molecule has 0 saturated carbocycles. The van der Waals surface area contributed by atoms with E-state index in [0.29, 0.717) is 5.56 Å². The topological polar surface area (TPSA) is 145 Å². The minimum absolute atomic E-state index is 0.0329. The number of phenolic OH excluding ortho intramolecular Hbond substituents is 1. The van der Waals surface area contributed by atoms with Crippen molar-refractivity contribution in [2.45, 2.75) is 43.8 Å². The van der Waals surface area contributed by atoms with Crippen LogP contribution < -0.4 is 16.0 Å². The predicted octanol–water partition coefficient (Wildman–Crippen LogP) is 4.36. The van der Waals surface area contributed by atoms with Crippen LogP contribution in [0.25, 0.3) is 10.8 Å². The van der Waals surface area contributed by atoms with Crippen molar-refractivity contribution in [3.8, 4) is 5.75 Å². The minimum Gasteiger partial charge on any atom is -0.508 e. The van der Waals surface area contributed by atoms with E-state index < -0.39 is 35.9 Å². The summed E-state index contributed by atoms with van der Waals surface area (Å²) in [6.45, 7) is 0. The zero-order chi connectivity index (χ0) is 33.9. The molecule has 5 rings (SSSR count). The fourth-order valence-corrected chi connectivity index (χ4v) is 5.51. The number of rotatable bonds is 14. The van der Waals surface area contributed by atoms with Crippen molar-refractivity contribution in [1.82, 2.24) is 16.0 Å². The summed E-state index contributed by atoms with van der Waals surface area (Å²) in [7, 11) is 0. The van der Waals surface area contributed by atoms with Gasteiger partial charge in [0.1, 0.15) is 23.9 Å². The summed E-state index contributed by atoms with van der Waals surface area (Å²) in [5.74, 6) is -2.82. The first-order valence-electron chi connectivity index (χ1n) is 15.7. The highest BCUT2D eigenvalue weighted by Gasteiger charge is 2.30. The van der Waals surface area contributed by atoms with Gasteiger partial charge >= 0.3 is 5.97 Å². The van der Waals surface area contributed by atoms with Crippen LogP contribution in [0, 0.1) is 0 Å². The maximum Gasteiger partial charge on any atom is 0.326 e. The van der Waals surface area contributed by atoms with Gasteiger partial charge in [-0.1, -0.05) is 115 Å². The summed E-state index contributed by atoms with van der Waals surface area (Å²) in [5, 5.41) is 29.8. The summed E-state index contributed by atoms with van der Waals surface area (Å²) >= 11 is 0. The molecular formula is C39H37N3O6. The lowest BCUT2D eigenvalue weighted by molar-refractivity contribution is -0.142. The molecule has 5 aromatic rings. The molecule has 0 aliphatic carbocycles. The maximum atomic E-state index is 13.9. The third-order valence-electron chi connectivity index (χ3n) is 8.02. The lowest BCUT2D eigenvalue weighted by atomic mass is 10.0. The molecule has 0 unspecified atom stereocenters. The molecule has 3 amide bonds. The van der Waals surface area contributed by atoms with Gasteiger partial charge in [0, 0.05) is 19.3 Å². The zero-order valence-electron chi connectivity index (χ0n) is 26.2. The number of hydrogen-bond acceptors (Lipinski definition) is 5. The Morgan fingerprint density at radius 2 is 0.958 bits per heavy atom. The largest absolute Gasteiger partial charge is 0.508 e. The number of carbonyl (C=O) groups excluding carboxylic acids is 3. The average molecular weight is 644 g/mol. The Bertz CT molecular complexity index is 1860. The van der Waals surface area contributed by atoms with Crippen LogP contribution in [0.2, 0.25) is 0 Å². The van der Waals surface area contributed by atoms with Gasteiger partial charge in [0.2, 0.25) is 17.7 Å². The number of aromatic hydroxyl groups is 1. The lowest BCUT2D eigenvalue weighted by Gasteiger charge is -2.25. The second-order valence-electron chi connectivity index (χ2n) is 11.7. The van der Waals surface area contributed by atoms with Gasteiger partial charge in [-0.05, 0) is 45.2 Å². The van der Waals surface area contributed by atoms with Gasteiger partial charge in [-0.25, -0.2) is 4.79 Å². The van der Waals surface area contributed by atoms with E-state index in [9.17, 15) is 29.4 Å². The average Bonchev–Trinajstić information content (AvgIpc) is 3.09. The van der Waals surface area contributed by atoms with E-state index in [1.54, 1.807) is 12.1 Å². The SMILES string of the molecule is O=C(Cc1ccc2ccccc2c1)N[C@@H](Cc1ccccc1)C(=O)N[C@H](Cc1ccccc1)C(=O)N[C@H](Cc1ccc(O)cc1)C(=O)O. The van der Waals surface area contributed by atoms with Gasteiger partial charge < -0.3 is 26.2 Å². The van der Waals surface area contributed by atoms with Crippen molar-refractivity contribution in [2.75, 3.05) is 0 Å². The van der Waals surface area contributed by atoms with E-state index in [4.69, 9.17) is 0 Å². The van der Waals surface area contributed by atoms with Crippen molar-refractivity contribution in [3.63, 3.8) is 0 Å². The monoisotopic (exact) mass is 643 g/mol. The predicted molar refractivity (Wildman–Crippen MR) is 183 cm³/mol. The molecule has 5 N–H and O–H groups in total. The Hall–Kier alpha value is -5.96. The molecule has 9 nitrogen and oxygen atoms in total. The molecule has 244 valence electrons. The van der Waals surface area contributed by atoms with Crippen LogP contribution in [0.15, 0.2) is 127 Å². The quantitative estimate of drug-likeness (QED) is 0.122. The van der Waals surface area contributed by atoms with Crippen LogP contribution in [0.3, 0.4) is 0 Å². The first kappa shape index (κ1) is 33.4. The Labute approximate surface area is 278 Å². The van der Waals surface area contributed by atoms with Crippen LogP contribution >= 0.6 is 0 Å². The molecule has 9 heteroatoms. The molecule has 0 radical (unpaired) electrons. The molecule has 3 atom stereocenters. The summed E-state index contributed by atoms with van der Waals surface area (Å²) < 4.78 is 0. The zero-order valence-corrected chi connectivity index (χ0v) is 26.2. The van der Waals surface area contributed by atoms with E-state index in [1.165, 1.54) is 12.1 Å². The highest BCUT2D eigenvalue weighted by atomic mass is 16.4. The normalized spacial score (nSPS) is 12.8. The second-order valence-corrected chi connectivity index (χ2v) is 11.7. The van der Waals surface area contributed by atoms with Gasteiger partial charge in [0.05, 0.1) is 6.42 Å². The lowest BCUT2D eigenvalue weighted by Crippen LogP contribution is -2.57. The number of phenols is 1. The molecule has 0 bridgehead atoms. The van der Waals surface area contributed by atoms with E-state index >= 15 is 0 Å². The van der Waals surface area contributed by atoms with Gasteiger partial charge in [-0.15, -0.1) is 0 Å². The molecule has 5 aromatic carbocycles. The number of nitrogens with one attached hydrogen (secondary N) is 3. The number of benzene rings is 5. The molecule has 0 saturated heterocycles.